The van der Waals surface area contributed by atoms with Crippen molar-refractivity contribution in [2.24, 2.45) is 11.3 Å². The highest BCUT2D eigenvalue weighted by Gasteiger charge is 2.36. The summed E-state index contributed by atoms with van der Waals surface area (Å²) in [4.78, 5) is 11.3. The Hall–Kier alpha value is -2.74. The van der Waals surface area contributed by atoms with Crippen molar-refractivity contribution >= 4 is 6.09 Å². The van der Waals surface area contributed by atoms with Gasteiger partial charge in [0.15, 0.2) is 0 Å². The van der Waals surface area contributed by atoms with Gasteiger partial charge in [0.05, 0.1) is 12.7 Å². The van der Waals surface area contributed by atoms with Crippen LogP contribution in [0.15, 0.2) is 42.5 Å². The maximum Gasteiger partial charge on any atom is 0.416 e. The van der Waals surface area contributed by atoms with Crippen molar-refractivity contribution in [2.75, 3.05) is 7.11 Å². The Bertz CT molecular complexity index is 992. The highest BCUT2D eigenvalue weighted by molar-refractivity contribution is 5.66. The van der Waals surface area contributed by atoms with Gasteiger partial charge < -0.3 is 20.5 Å². The minimum absolute atomic E-state index is 0.0959. The fraction of sp³-hybridized carbons (Fsp3) is 0.519. The molecule has 3 N–H and O–H groups in total. The van der Waals surface area contributed by atoms with Crippen molar-refractivity contribution in [3.8, 4) is 16.9 Å². The van der Waals surface area contributed by atoms with E-state index in [9.17, 15) is 23.1 Å². The molecular formula is C27H35F3N2O3. The van der Waals surface area contributed by atoms with E-state index in [4.69, 9.17) is 4.74 Å². The molecule has 1 amide bonds. The molecule has 1 aliphatic carbocycles. The standard InChI is InChI=1S/C27H35F3N2O3/c1-26(2,3)24(32-25(33)34)18-7-12-22(13-8-18)31-16-20-15-19(9-14-23(20)35-4)17-5-10-21(11-6-17)27(28,29)30/h5-6,9-11,14-15,18,22,24,31-32H,7-8,12-13,16H2,1-4H3,(H,33,34). The average molecular weight is 493 g/mol. The number of alkyl halides is 3. The van der Waals surface area contributed by atoms with Gasteiger partial charge in [-0.05, 0) is 72.4 Å². The monoisotopic (exact) mass is 492 g/mol. The molecule has 1 saturated carbocycles. The molecular weight excluding hydrogens is 457 g/mol. The van der Waals surface area contributed by atoms with Gasteiger partial charge in [0.2, 0.25) is 0 Å². The smallest absolute Gasteiger partial charge is 0.416 e. The third kappa shape index (κ3) is 7.13. The molecule has 0 aliphatic heterocycles. The molecule has 1 aliphatic rings. The van der Waals surface area contributed by atoms with Crippen LogP contribution in [0, 0.1) is 11.3 Å². The van der Waals surface area contributed by atoms with Crippen LogP contribution >= 0.6 is 0 Å². The summed E-state index contributed by atoms with van der Waals surface area (Å²) in [7, 11) is 1.60. The first-order chi connectivity index (χ1) is 16.4. The molecule has 35 heavy (non-hydrogen) atoms. The molecule has 2 aromatic rings. The average Bonchev–Trinajstić information content (AvgIpc) is 2.80. The molecule has 1 atom stereocenters. The molecule has 0 spiro atoms. The molecule has 1 unspecified atom stereocenters. The van der Waals surface area contributed by atoms with E-state index < -0.39 is 17.8 Å². The van der Waals surface area contributed by atoms with E-state index in [0.29, 0.717) is 24.1 Å². The molecule has 2 aromatic carbocycles. The molecule has 0 radical (unpaired) electrons. The number of carbonyl (C=O) groups is 1. The van der Waals surface area contributed by atoms with Crippen molar-refractivity contribution < 1.29 is 27.8 Å². The van der Waals surface area contributed by atoms with Gasteiger partial charge in [-0.1, -0.05) is 39.0 Å². The summed E-state index contributed by atoms with van der Waals surface area (Å²) in [6.07, 6.45) is -1.59. The molecule has 0 saturated heterocycles. The fourth-order valence-electron chi connectivity index (χ4n) is 5.03. The summed E-state index contributed by atoms with van der Waals surface area (Å²) in [6, 6.07) is 11.0. The summed E-state index contributed by atoms with van der Waals surface area (Å²) in [6.45, 7) is 6.76. The first kappa shape index (κ1) is 26.9. The summed E-state index contributed by atoms with van der Waals surface area (Å²) < 4.78 is 44.2. The first-order valence-electron chi connectivity index (χ1n) is 12.0. The molecule has 5 nitrogen and oxygen atoms in total. The number of ether oxygens (including phenoxy) is 1. The minimum Gasteiger partial charge on any atom is -0.496 e. The summed E-state index contributed by atoms with van der Waals surface area (Å²) >= 11 is 0. The van der Waals surface area contributed by atoms with Gasteiger partial charge in [0.1, 0.15) is 5.75 Å². The van der Waals surface area contributed by atoms with Crippen LogP contribution in [0.25, 0.3) is 11.1 Å². The molecule has 1 fully saturated rings. The van der Waals surface area contributed by atoms with Crippen molar-refractivity contribution in [1.29, 1.82) is 0 Å². The highest BCUT2D eigenvalue weighted by Crippen LogP contribution is 2.36. The normalized spacial score (nSPS) is 19.7. The first-order valence-corrected chi connectivity index (χ1v) is 12.0. The Morgan fingerprint density at radius 1 is 1.03 bits per heavy atom. The Labute approximate surface area is 205 Å². The van der Waals surface area contributed by atoms with Crippen LogP contribution in [-0.4, -0.2) is 30.4 Å². The number of benzene rings is 2. The van der Waals surface area contributed by atoms with Gasteiger partial charge in [-0.2, -0.15) is 13.2 Å². The fourth-order valence-corrected chi connectivity index (χ4v) is 5.03. The lowest BCUT2D eigenvalue weighted by atomic mass is 9.72. The number of nitrogens with one attached hydrogen (secondary N) is 2. The van der Waals surface area contributed by atoms with Crippen molar-refractivity contribution in [2.45, 2.75) is 71.3 Å². The Balaban J connectivity index is 1.64. The second-order valence-corrected chi connectivity index (χ2v) is 10.4. The van der Waals surface area contributed by atoms with E-state index in [0.717, 1.165) is 54.7 Å². The van der Waals surface area contributed by atoms with E-state index in [1.807, 2.05) is 18.2 Å². The van der Waals surface area contributed by atoms with Crippen LogP contribution in [0.5, 0.6) is 5.75 Å². The van der Waals surface area contributed by atoms with E-state index >= 15 is 0 Å². The van der Waals surface area contributed by atoms with Crippen LogP contribution in [-0.2, 0) is 12.7 Å². The number of methoxy groups -OCH3 is 1. The molecule has 0 aromatic heterocycles. The van der Waals surface area contributed by atoms with Crippen LogP contribution in [0.1, 0.15) is 57.6 Å². The zero-order valence-corrected chi connectivity index (χ0v) is 20.7. The van der Waals surface area contributed by atoms with Crippen LogP contribution in [0.3, 0.4) is 0 Å². The lowest BCUT2D eigenvalue weighted by molar-refractivity contribution is -0.137. The third-order valence-electron chi connectivity index (χ3n) is 6.86. The predicted molar refractivity (Wildman–Crippen MR) is 130 cm³/mol. The number of rotatable bonds is 7. The Kier molecular flexibility index (Phi) is 8.36. The Morgan fingerprint density at radius 2 is 1.63 bits per heavy atom. The van der Waals surface area contributed by atoms with Gasteiger partial charge in [0, 0.05) is 24.2 Å². The van der Waals surface area contributed by atoms with E-state index in [1.165, 1.54) is 12.1 Å². The molecule has 0 heterocycles. The van der Waals surface area contributed by atoms with E-state index in [-0.39, 0.29) is 11.5 Å². The van der Waals surface area contributed by atoms with Crippen LogP contribution in [0.2, 0.25) is 0 Å². The summed E-state index contributed by atoms with van der Waals surface area (Å²) in [5.74, 6) is 1.02. The number of amides is 1. The number of hydrogen-bond acceptors (Lipinski definition) is 3. The van der Waals surface area contributed by atoms with Gasteiger partial charge >= 0.3 is 12.3 Å². The summed E-state index contributed by atoms with van der Waals surface area (Å²) in [5, 5.41) is 15.6. The zero-order valence-electron chi connectivity index (χ0n) is 20.7. The van der Waals surface area contributed by atoms with Crippen LogP contribution in [0.4, 0.5) is 18.0 Å². The number of carboxylic acid groups (broad SMARTS) is 1. The topological polar surface area (TPSA) is 70.6 Å². The van der Waals surface area contributed by atoms with Crippen molar-refractivity contribution in [1.82, 2.24) is 10.6 Å². The van der Waals surface area contributed by atoms with E-state index in [1.54, 1.807) is 7.11 Å². The molecule has 8 heteroatoms. The Morgan fingerprint density at radius 3 is 2.14 bits per heavy atom. The lowest BCUT2D eigenvalue weighted by Crippen LogP contribution is -2.50. The molecule has 3 rings (SSSR count). The number of hydrogen-bond donors (Lipinski definition) is 3. The van der Waals surface area contributed by atoms with Crippen molar-refractivity contribution in [3.05, 3.63) is 53.6 Å². The molecule has 0 bridgehead atoms. The molecule has 192 valence electrons. The largest absolute Gasteiger partial charge is 0.496 e. The number of halogens is 3. The van der Waals surface area contributed by atoms with Gasteiger partial charge in [-0.25, -0.2) is 4.79 Å². The second kappa shape index (κ2) is 10.9. The SMILES string of the molecule is COc1ccc(-c2ccc(C(F)(F)F)cc2)cc1CNC1CCC(C(NC(=O)O)C(C)(C)C)CC1. The quantitative estimate of drug-likeness (QED) is 0.402. The second-order valence-electron chi connectivity index (χ2n) is 10.4. The van der Waals surface area contributed by atoms with Crippen molar-refractivity contribution in [3.63, 3.8) is 0 Å². The third-order valence-corrected chi connectivity index (χ3v) is 6.86. The maximum absolute atomic E-state index is 12.9. The van der Waals surface area contributed by atoms with Gasteiger partial charge in [-0.15, -0.1) is 0 Å². The van der Waals surface area contributed by atoms with E-state index in [2.05, 4.69) is 31.4 Å². The van der Waals surface area contributed by atoms with Gasteiger partial charge in [-0.3, -0.25) is 0 Å². The zero-order chi connectivity index (χ0) is 25.8. The van der Waals surface area contributed by atoms with Crippen LogP contribution < -0.4 is 15.4 Å². The summed E-state index contributed by atoms with van der Waals surface area (Å²) in [5.41, 5.74) is 1.65. The lowest BCUT2D eigenvalue weighted by Gasteiger charge is -2.40. The maximum atomic E-state index is 12.9. The minimum atomic E-state index is -4.36. The van der Waals surface area contributed by atoms with Gasteiger partial charge in [0.25, 0.3) is 0 Å². The highest BCUT2D eigenvalue weighted by atomic mass is 19.4. The predicted octanol–water partition coefficient (Wildman–Crippen LogP) is 6.71.